The van der Waals surface area contributed by atoms with Crippen LogP contribution in [0.25, 0.3) is 0 Å². The lowest BCUT2D eigenvalue weighted by Crippen LogP contribution is -2.38. The summed E-state index contributed by atoms with van der Waals surface area (Å²) in [5.74, 6) is 5.94. The van der Waals surface area contributed by atoms with E-state index in [-0.39, 0.29) is 23.6 Å². The van der Waals surface area contributed by atoms with E-state index in [1.54, 1.807) is 25.1 Å². The number of carbonyl (C=O) groups is 2. The molecule has 2 aromatic rings. The summed E-state index contributed by atoms with van der Waals surface area (Å²) in [7, 11) is 0. The number of hydrogen-bond donors (Lipinski definition) is 4. The maximum atomic E-state index is 12.8. The Hall–Kier alpha value is -3.79. The lowest BCUT2D eigenvalue weighted by molar-refractivity contribution is -0.119. The summed E-state index contributed by atoms with van der Waals surface area (Å²) < 4.78 is 0. The van der Waals surface area contributed by atoms with Crippen LogP contribution in [0, 0.1) is 42.9 Å². The Balaban J connectivity index is 1.72. The van der Waals surface area contributed by atoms with Gasteiger partial charge < -0.3 is 16.2 Å². The van der Waals surface area contributed by atoms with E-state index in [2.05, 4.69) is 17.2 Å². The maximum absolute atomic E-state index is 12.8. The predicted octanol–water partition coefficient (Wildman–Crippen LogP) is 4.11. The second-order valence-corrected chi connectivity index (χ2v) is 8.07. The van der Waals surface area contributed by atoms with E-state index in [0.29, 0.717) is 23.4 Å². The highest BCUT2D eigenvalue weighted by molar-refractivity contribution is 6.13. The molecule has 3 rings (SSSR count). The number of carbonyl (C=O) groups excluding carboxylic acids is 1. The number of nitrogens with two attached hydrogens (primary N) is 1. The van der Waals surface area contributed by atoms with Crippen molar-refractivity contribution in [3.8, 4) is 11.8 Å². The van der Waals surface area contributed by atoms with Gasteiger partial charge in [-0.2, -0.15) is 0 Å². The third kappa shape index (κ3) is 5.09. The number of nitrogen functional groups attached to an aromatic ring is 1. The first kappa shape index (κ1) is 22.9. The smallest absolute Gasteiger partial charge is 0.418 e. The average Bonchev–Trinajstić information content (AvgIpc) is 3.54. The molecule has 1 saturated carbocycles. The van der Waals surface area contributed by atoms with Gasteiger partial charge in [0.2, 0.25) is 5.91 Å². The summed E-state index contributed by atoms with van der Waals surface area (Å²) in [4.78, 5) is 25.5. The molecule has 2 atom stereocenters. The van der Waals surface area contributed by atoms with Gasteiger partial charge in [0, 0.05) is 22.7 Å². The number of amides is 2. The molecule has 0 heterocycles. The van der Waals surface area contributed by atoms with Crippen LogP contribution in [0.15, 0.2) is 36.4 Å². The highest BCUT2D eigenvalue weighted by atomic mass is 16.4. The molecule has 1 aliphatic rings. The minimum atomic E-state index is -1.25. The summed E-state index contributed by atoms with van der Waals surface area (Å²) >= 11 is 0. The number of nitrogens with zero attached hydrogens (tertiary/aromatic N) is 1. The molecule has 7 heteroatoms. The quantitative estimate of drug-likeness (QED) is 0.311. The van der Waals surface area contributed by atoms with Crippen molar-refractivity contribution in [2.24, 2.45) is 17.6 Å². The van der Waals surface area contributed by atoms with Crippen molar-refractivity contribution in [1.82, 2.24) is 0 Å². The number of rotatable bonds is 6. The topological polar surface area (TPSA) is 120 Å². The first-order chi connectivity index (χ1) is 15.2. The molecule has 0 aliphatic heterocycles. The minimum Gasteiger partial charge on any atom is -0.464 e. The Morgan fingerprint density at radius 3 is 2.47 bits per heavy atom. The van der Waals surface area contributed by atoms with Crippen molar-refractivity contribution in [1.29, 1.82) is 5.41 Å². The molecule has 0 aromatic heterocycles. The van der Waals surface area contributed by atoms with Gasteiger partial charge in [-0.3, -0.25) is 10.2 Å². The number of benzene rings is 2. The summed E-state index contributed by atoms with van der Waals surface area (Å²) in [5.41, 5.74) is 9.67. The van der Waals surface area contributed by atoms with Crippen molar-refractivity contribution in [3.05, 3.63) is 58.7 Å². The van der Waals surface area contributed by atoms with Crippen molar-refractivity contribution in [2.45, 2.75) is 33.6 Å². The van der Waals surface area contributed by atoms with Gasteiger partial charge in [-0.25, -0.2) is 9.69 Å². The lowest BCUT2D eigenvalue weighted by Gasteiger charge is -2.21. The van der Waals surface area contributed by atoms with Gasteiger partial charge >= 0.3 is 6.09 Å². The highest BCUT2D eigenvalue weighted by Gasteiger charge is 2.45. The molecule has 2 aromatic carbocycles. The van der Waals surface area contributed by atoms with Gasteiger partial charge in [-0.15, -0.1) is 0 Å². The van der Waals surface area contributed by atoms with Crippen LogP contribution in [0.4, 0.5) is 16.2 Å². The number of imide groups is 1. The molecular weight excluding hydrogens is 404 g/mol. The van der Waals surface area contributed by atoms with Crippen molar-refractivity contribution >= 4 is 29.2 Å². The minimum absolute atomic E-state index is 0.0242. The zero-order valence-electron chi connectivity index (χ0n) is 18.5. The molecule has 1 fully saturated rings. The van der Waals surface area contributed by atoms with Crippen LogP contribution < -0.4 is 16.0 Å². The van der Waals surface area contributed by atoms with E-state index in [0.717, 1.165) is 34.6 Å². The van der Waals surface area contributed by atoms with Crippen molar-refractivity contribution in [2.75, 3.05) is 16.8 Å². The molecule has 166 valence electrons. The molecule has 1 aliphatic carbocycles. The van der Waals surface area contributed by atoms with Crippen molar-refractivity contribution < 1.29 is 14.7 Å². The SMILES string of the molecule is CCC1CC1C(=O)N(C(=O)O)c1cc(C)c(C#CCNc2ccc(C(=N)N)cc2)cc1C. The van der Waals surface area contributed by atoms with Crippen LogP contribution in [0.3, 0.4) is 0 Å². The van der Waals surface area contributed by atoms with E-state index in [9.17, 15) is 14.7 Å². The normalized spacial score (nSPS) is 16.5. The first-order valence-corrected chi connectivity index (χ1v) is 10.6. The van der Waals surface area contributed by atoms with Gasteiger partial charge in [0.15, 0.2) is 0 Å². The van der Waals surface area contributed by atoms with E-state index in [4.69, 9.17) is 11.1 Å². The number of nitrogens with one attached hydrogen (secondary N) is 2. The molecule has 7 nitrogen and oxygen atoms in total. The molecule has 2 amide bonds. The fourth-order valence-corrected chi connectivity index (χ4v) is 3.71. The fraction of sp³-hybridized carbons (Fsp3) is 0.320. The predicted molar refractivity (Wildman–Crippen MR) is 126 cm³/mol. The number of anilines is 2. The zero-order valence-corrected chi connectivity index (χ0v) is 18.5. The Bertz CT molecular complexity index is 1110. The van der Waals surface area contributed by atoms with Gasteiger partial charge in [-0.05, 0) is 73.7 Å². The molecule has 32 heavy (non-hydrogen) atoms. The fourth-order valence-electron chi connectivity index (χ4n) is 3.71. The third-order valence-electron chi connectivity index (χ3n) is 5.76. The Kier molecular flexibility index (Phi) is 6.84. The number of amidine groups is 1. The van der Waals surface area contributed by atoms with E-state index in [1.807, 2.05) is 32.0 Å². The monoisotopic (exact) mass is 432 g/mol. The second kappa shape index (κ2) is 9.56. The molecule has 0 saturated heterocycles. The molecular formula is C25H28N4O3. The second-order valence-electron chi connectivity index (χ2n) is 8.07. The number of carboxylic acid groups (broad SMARTS) is 1. The summed E-state index contributed by atoms with van der Waals surface area (Å²) in [6.07, 6.45) is 0.384. The average molecular weight is 433 g/mol. The molecule has 0 bridgehead atoms. The summed E-state index contributed by atoms with van der Waals surface area (Å²) in [6.45, 7) is 6.08. The lowest BCUT2D eigenvalue weighted by atomic mass is 10.0. The molecule has 2 unspecified atom stereocenters. The van der Waals surface area contributed by atoms with Gasteiger partial charge in [0.05, 0.1) is 12.2 Å². The van der Waals surface area contributed by atoms with E-state index < -0.39 is 6.09 Å². The van der Waals surface area contributed by atoms with Crippen LogP contribution >= 0.6 is 0 Å². The van der Waals surface area contributed by atoms with Crippen LogP contribution in [0.5, 0.6) is 0 Å². The summed E-state index contributed by atoms with van der Waals surface area (Å²) in [6, 6.07) is 10.8. The third-order valence-corrected chi connectivity index (χ3v) is 5.76. The van der Waals surface area contributed by atoms with E-state index in [1.165, 1.54) is 0 Å². The van der Waals surface area contributed by atoms with Gasteiger partial charge in [-0.1, -0.05) is 25.2 Å². The van der Waals surface area contributed by atoms with Crippen LogP contribution in [-0.2, 0) is 4.79 Å². The van der Waals surface area contributed by atoms with Crippen LogP contribution in [-0.4, -0.2) is 29.5 Å². The molecule has 5 N–H and O–H groups in total. The number of hydrogen-bond acceptors (Lipinski definition) is 4. The standard InChI is InChI=1S/C25H28N4O3/c1-4-17-14-21(17)24(30)29(25(31)32)22-13-15(2)19(12-16(22)3)6-5-11-28-20-9-7-18(8-10-20)23(26)27/h7-10,12-13,17,21,28H,4,11,14H2,1-3H3,(H3,26,27)(H,31,32). The molecule has 0 spiro atoms. The van der Waals surface area contributed by atoms with E-state index >= 15 is 0 Å². The Labute approximate surface area is 188 Å². The Morgan fingerprint density at radius 2 is 1.91 bits per heavy atom. The Morgan fingerprint density at radius 1 is 1.22 bits per heavy atom. The largest absolute Gasteiger partial charge is 0.464 e. The summed E-state index contributed by atoms with van der Waals surface area (Å²) in [5, 5.41) is 20.3. The number of aryl methyl sites for hydroxylation is 2. The maximum Gasteiger partial charge on any atom is 0.418 e. The van der Waals surface area contributed by atoms with Crippen LogP contribution in [0.2, 0.25) is 0 Å². The first-order valence-electron chi connectivity index (χ1n) is 10.6. The van der Waals surface area contributed by atoms with Crippen molar-refractivity contribution in [3.63, 3.8) is 0 Å². The van der Waals surface area contributed by atoms with Gasteiger partial charge in [0.25, 0.3) is 0 Å². The molecule has 0 radical (unpaired) electrons. The van der Waals surface area contributed by atoms with Crippen LogP contribution in [0.1, 0.15) is 42.0 Å². The zero-order chi connectivity index (χ0) is 23.4. The highest BCUT2D eigenvalue weighted by Crippen LogP contribution is 2.43. The van der Waals surface area contributed by atoms with Gasteiger partial charge in [0.1, 0.15) is 5.84 Å².